The maximum absolute atomic E-state index is 3.51. The molecule has 0 radical (unpaired) electrons. The Morgan fingerprint density at radius 1 is 0.909 bits per heavy atom. The van der Waals surface area contributed by atoms with Crippen LogP contribution in [-0.4, -0.2) is 68.3 Å². The lowest BCUT2D eigenvalue weighted by Gasteiger charge is -2.19. The van der Waals surface area contributed by atoms with Crippen molar-refractivity contribution in [3.63, 3.8) is 0 Å². The van der Waals surface area contributed by atoms with E-state index < -0.39 is 0 Å². The van der Waals surface area contributed by atoms with E-state index in [0.29, 0.717) is 8.16 Å². The summed E-state index contributed by atoms with van der Waals surface area (Å²) in [5, 5.41) is 3.51. The van der Waals surface area contributed by atoms with Gasteiger partial charge in [-0.05, 0) is 33.7 Å². The first kappa shape index (κ1) is 19.9. The predicted octanol–water partition coefficient (Wildman–Crippen LogP) is 3.85. The third kappa shape index (κ3) is 4.61. The fourth-order valence-corrected chi connectivity index (χ4v) is 10.5. The number of nitrogens with zero attached hydrogens (tertiary/aromatic N) is 1. The van der Waals surface area contributed by atoms with Gasteiger partial charge in [-0.1, -0.05) is 0 Å². The minimum absolute atomic E-state index is 0. The predicted molar refractivity (Wildman–Crippen MR) is 111 cm³/mol. The minimum atomic E-state index is 0. The van der Waals surface area contributed by atoms with Crippen LogP contribution in [0.3, 0.4) is 0 Å². The molecule has 4 aliphatic rings. The van der Waals surface area contributed by atoms with Crippen LogP contribution in [0.15, 0.2) is 0 Å². The van der Waals surface area contributed by atoms with Gasteiger partial charge in [-0.3, -0.25) is 0 Å². The van der Waals surface area contributed by atoms with E-state index in [0.717, 1.165) is 12.1 Å². The van der Waals surface area contributed by atoms with Crippen LogP contribution < -0.4 is 5.32 Å². The minimum Gasteiger partial charge on any atom is -0.312 e. The van der Waals surface area contributed by atoms with E-state index in [1.807, 2.05) is 0 Å². The molecule has 0 aromatic heterocycles. The Morgan fingerprint density at radius 3 is 1.86 bits per heavy atom. The summed E-state index contributed by atoms with van der Waals surface area (Å²) >= 11 is 8.68. The molecule has 4 heterocycles. The van der Waals surface area contributed by atoms with Gasteiger partial charge in [-0.15, -0.1) is 59.5 Å². The van der Waals surface area contributed by atoms with Crippen molar-refractivity contribution in [2.45, 2.75) is 46.9 Å². The molecule has 7 heteroatoms. The number of hydrogen-bond acceptors (Lipinski definition) is 6. The van der Waals surface area contributed by atoms with Gasteiger partial charge in [0.15, 0.2) is 0 Å². The summed E-state index contributed by atoms with van der Waals surface area (Å²) in [6, 6.07) is 1.55. The van der Waals surface area contributed by atoms with Gasteiger partial charge in [0.2, 0.25) is 0 Å². The summed E-state index contributed by atoms with van der Waals surface area (Å²) in [7, 11) is 2.25. The number of nitrogens with one attached hydrogen (secondary N) is 1. The smallest absolute Gasteiger partial charge is 0.0752 e. The van der Waals surface area contributed by atoms with Gasteiger partial charge in [-0.25, -0.2) is 0 Å². The summed E-state index contributed by atoms with van der Waals surface area (Å²) in [6.07, 6.45) is 2.75. The third-order valence-electron chi connectivity index (χ3n) is 4.81. The Kier molecular flexibility index (Phi) is 7.54. The molecule has 1 N–H and O–H groups in total. The quantitative estimate of drug-likeness (QED) is 0.659. The van der Waals surface area contributed by atoms with Crippen molar-refractivity contribution in [1.82, 2.24) is 10.2 Å². The Labute approximate surface area is 159 Å². The van der Waals surface area contributed by atoms with Crippen LogP contribution in [-0.2, 0) is 0 Å². The first-order chi connectivity index (χ1) is 10.0. The zero-order valence-corrected chi connectivity index (χ0v) is 17.9. The summed E-state index contributed by atoms with van der Waals surface area (Å²) in [5.74, 6) is 5.45. The molecular formula is C15H29ClN2S4. The van der Waals surface area contributed by atoms with Gasteiger partial charge < -0.3 is 10.2 Å². The molecule has 2 spiro atoms. The Morgan fingerprint density at radius 2 is 1.45 bits per heavy atom. The highest BCUT2D eigenvalue weighted by molar-refractivity contribution is 8.21. The molecule has 0 aromatic rings. The molecule has 22 heavy (non-hydrogen) atoms. The molecule has 4 fully saturated rings. The summed E-state index contributed by atoms with van der Waals surface area (Å²) in [5.41, 5.74) is 0. The van der Waals surface area contributed by atoms with Crippen molar-refractivity contribution >= 4 is 59.5 Å². The highest BCUT2D eigenvalue weighted by Crippen LogP contribution is 2.51. The molecule has 0 aliphatic carbocycles. The van der Waals surface area contributed by atoms with Crippen molar-refractivity contribution in [3.05, 3.63) is 0 Å². The molecule has 2 atom stereocenters. The molecular weight excluding hydrogens is 372 g/mol. The van der Waals surface area contributed by atoms with Crippen LogP contribution in [0.25, 0.3) is 0 Å². The molecule has 0 amide bonds. The van der Waals surface area contributed by atoms with Gasteiger partial charge in [0.25, 0.3) is 0 Å². The standard InChI is InChI=1S/C8H15NS2.C7H13NS2.ClH/c1-7-5-8(6-9(7)2)10-3-4-11-8;1-6-4-7(5-8-6)9-2-3-10-7;/h7H,3-6H2,1-2H3;6,8H,2-5H2,1H3;1H/t7-;6-;/m11./s1. The van der Waals surface area contributed by atoms with E-state index in [1.165, 1.54) is 48.9 Å². The normalized spacial score (nSPS) is 35.6. The third-order valence-corrected chi connectivity index (χ3v) is 11.7. The summed E-state index contributed by atoms with van der Waals surface area (Å²) in [4.78, 5) is 2.49. The summed E-state index contributed by atoms with van der Waals surface area (Å²) < 4.78 is 1.17. The second kappa shape index (κ2) is 8.33. The first-order valence-electron chi connectivity index (χ1n) is 8.02. The SMILES string of the molecule is C[C@@H]1CC2(CN1)SCCS2.C[C@@H]1CC2(CN1C)SCCS2.Cl. The zero-order valence-electron chi connectivity index (χ0n) is 13.8. The van der Waals surface area contributed by atoms with Crippen LogP contribution in [0.1, 0.15) is 26.7 Å². The van der Waals surface area contributed by atoms with E-state index in [9.17, 15) is 0 Å². The lowest BCUT2D eigenvalue weighted by Crippen LogP contribution is -2.24. The topological polar surface area (TPSA) is 15.3 Å². The van der Waals surface area contributed by atoms with Crippen LogP contribution in [0, 0.1) is 0 Å². The Bertz CT molecular complexity index is 347. The molecule has 2 nitrogen and oxygen atoms in total. The number of rotatable bonds is 0. The number of halogens is 1. The van der Waals surface area contributed by atoms with E-state index >= 15 is 0 Å². The summed E-state index contributed by atoms with van der Waals surface area (Å²) in [6.45, 7) is 7.15. The van der Waals surface area contributed by atoms with Crippen LogP contribution in [0.2, 0.25) is 0 Å². The fraction of sp³-hybridized carbons (Fsp3) is 1.00. The first-order valence-corrected chi connectivity index (χ1v) is 12.0. The molecule has 4 aliphatic heterocycles. The zero-order chi connectivity index (χ0) is 14.9. The van der Waals surface area contributed by atoms with Gasteiger partial charge in [0, 0.05) is 48.2 Å². The van der Waals surface area contributed by atoms with E-state index in [4.69, 9.17) is 0 Å². The molecule has 0 unspecified atom stereocenters. The monoisotopic (exact) mass is 400 g/mol. The molecule has 0 bridgehead atoms. The largest absolute Gasteiger partial charge is 0.312 e. The molecule has 4 rings (SSSR count). The molecule has 130 valence electrons. The van der Waals surface area contributed by atoms with E-state index in [1.54, 1.807) is 0 Å². The molecule has 0 aromatic carbocycles. The maximum Gasteiger partial charge on any atom is 0.0752 e. The van der Waals surface area contributed by atoms with Crippen LogP contribution in [0.5, 0.6) is 0 Å². The van der Waals surface area contributed by atoms with Crippen molar-refractivity contribution in [3.8, 4) is 0 Å². The highest BCUT2D eigenvalue weighted by atomic mass is 35.5. The van der Waals surface area contributed by atoms with Gasteiger partial charge >= 0.3 is 0 Å². The fourth-order valence-electron chi connectivity index (χ4n) is 3.57. The second-order valence-electron chi connectivity index (χ2n) is 6.67. The highest BCUT2D eigenvalue weighted by Gasteiger charge is 2.44. The van der Waals surface area contributed by atoms with E-state index in [2.05, 4.69) is 78.2 Å². The molecule has 4 saturated heterocycles. The van der Waals surface area contributed by atoms with E-state index in [-0.39, 0.29) is 12.4 Å². The Balaban J connectivity index is 0.000000154. The van der Waals surface area contributed by atoms with Gasteiger partial charge in [-0.2, -0.15) is 0 Å². The number of likely N-dealkylation sites (tertiary alicyclic amines) is 1. The van der Waals surface area contributed by atoms with Crippen LogP contribution in [0.4, 0.5) is 0 Å². The average Bonchev–Trinajstić information content (AvgIpc) is 3.18. The number of thioether (sulfide) groups is 4. The average molecular weight is 401 g/mol. The number of hydrogen-bond donors (Lipinski definition) is 1. The van der Waals surface area contributed by atoms with Crippen molar-refractivity contribution < 1.29 is 0 Å². The van der Waals surface area contributed by atoms with Gasteiger partial charge in [0.05, 0.1) is 8.16 Å². The van der Waals surface area contributed by atoms with Crippen molar-refractivity contribution in [2.24, 2.45) is 0 Å². The lowest BCUT2D eigenvalue weighted by atomic mass is 10.2. The van der Waals surface area contributed by atoms with Crippen LogP contribution >= 0.6 is 59.5 Å². The van der Waals surface area contributed by atoms with Gasteiger partial charge in [0.1, 0.15) is 0 Å². The maximum atomic E-state index is 3.51. The second-order valence-corrected chi connectivity index (χ2v) is 13.1. The lowest BCUT2D eigenvalue weighted by molar-refractivity contribution is 0.330. The van der Waals surface area contributed by atoms with Crippen molar-refractivity contribution in [2.75, 3.05) is 43.1 Å². The molecule has 0 saturated carbocycles. The Hall–Kier alpha value is 1.61. The van der Waals surface area contributed by atoms with Crippen molar-refractivity contribution in [1.29, 1.82) is 0 Å².